The summed E-state index contributed by atoms with van der Waals surface area (Å²) < 4.78 is 1.83. The van der Waals surface area contributed by atoms with Gasteiger partial charge in [-0.15, -0.1) is 0 Å². The number of hydrogen-bond acceptors (Lipinski definition) is 4. The maximum atomic E-state index is 12.3. The number of para-hydroxylation sites is 1. The van der Waals surface area contributed by atoms with Crippen molar-refractivity contribution in [2.75, 3.05) is 13.1 Å². The summed E-state index contributed by atoms with van der Waals surface area (Å²) >= 11 is 0. The number of nitrogens with zero attached hydrogens (tertiary/aromatic N) is 3. The number of amides is 3. The van der Waals surface area contributed by atoms with Crippen LogP contribution in [0.5, 0.6) is 0 Å². The molecule has 1 aromatic heterocycles. The molecule has 7 heteroatoms. The number of hydrogen-bond donors (Lipinski definition) is 1. The van der Waals surface area contributed by atoms with Crippen LogP contribution in [0.2, 0.25) is 0 Å². The minimum absolute atomic E-state index is 0.150. The summed E-state index contributed by atoms with van der Waals surface area (Å²) in [4.78, 5) is 36.6. The number of benzene rings is 1. The lowest BCUT2D eigenvalue weighted by Crippen LogP contribution is -2.38. The third kappa shape index (κ3) is 3.66. The van der Waals surface area contributed by atoms with Crippen LogP contribution in [0, 0.1) is 13.8 Å². The molecular formula is C19H22N4O3. The van der Waals surface area contributed by atoms with Crippen LogP contribution in [0.4, 0.5) is 0 Å². The van der Waals surface area contributed by atoms with Gasteiger partial charge in [0.1, 0.15) is 0 Å². The van der Waals surface area contributed by atoms with Gasteiger partial charge in [-0.2, -0.15) is 5.10 Å². The highest BCUT2D eigenvalue weighted by atomic mass is 16.2. The van der Waals surface area contributed by atoms with Crippen molar-refractivity contribution >= 4 is 17.7 Å². The van der Waals surface area contributed by atoms with E-state index >= 15 is 0 Å². The minimum Gasteiger partial charge on any atom is -0.354 e. The van der Waals surface area contributed by atoms with E-state index in [1.807, 2.05) is 48.9 Å². The van der Waals surface area contributed by atoms with Gasteiger partial charge in [-0.25, -0.2) is 4.68 Å². The van der Waals surface area contributed by atoms with Crippen LogP contribution in [-0.2, 0) is 20.8 Å². The van der Waals surface area contributed by atoms with Crippen molar-refractivity contribution in [2.45, 2.75) is 33.1 Å². The Morgan fingerprint density at radius 3 is 2.42 bits per heavy atom. The Kier molecular flexibility index (Phi) is 5.16. The molecule has 2 heterocycles. The average molecular weight is 354 g/mol. The summed E-state index contributed by atoms with van der Waals surface area (Å²) in [5.41, 5.74) is 3.57. The number of rotatable bonds is 6. The van der Waals surface area contributed by atoms with Crippen molar-refractivity contribution in [1.82, 2.24) is 20.0 Å². The molecule has 0 atom stereocenters. The average Bonchev–Trinajstić information content (AvgIpc) is 3.10. The summed E-state index contributed by atoms with van der Waals surface area (Å²) in [5.74, 6) is -0.483. The fourth-order valence-electron chi connectivity index (χ4n) is 3.15. The van der Waals surface area contributed by atoms with Crippen LogP contribution in [0.1, 0.15) is 29.8 Å². The molecule has 0 unspecified atom stereocenters. The predicted molar refractivity (Wildman–Crippen MR) is 95.7 cm³/mol. The van der Waals surface area contributed by atoms with Crippen LogP contribution < -0.4 is 5.32 Å². The molecule has 3 rings (SSSR count). The molecule has 0 saturated carbocycles. The van der Waals surface area contributed by atoms with Crippen LogP contribution >= 0.6 is 0 Å². The maximum absolute atomic E-state index is 12.3. The van der Waals surface area contributed by atoms with Crippen molar-refractivity contribution in [2.24, 2.45) is 0 Å². The van der Waals surface area contributed by atoms with Crippen molar-refractivity contribution in [3.8, 4) is 5.69 Å². The third-order valence-electron chi connectivity index (χ3n) is 4.59. The Labute approximate surface area is 152 Å². The molecule has 2 aromatic rings. The van der Waals surface area contributed by atoms with Crippen LogP contribution in [0.15, 0.2) is 30.3 Å². The van der Waals surface area contributed by atoms with Gasteiger partial charge in [0.15, 0.2) is 0 Å². The summed E-state index contributed by atoms with van der Waals surface area (Å²) in [7, 11) is 0. The van der Waals surface area contributed by atoms with Crippen molar-refractivity contribution in [1.29, 1.82) is 0 Å². The first-order chi connectivity index (χ1) is 12.5. The van der Waals surface area contributed by atoms with Crippen molar-refractivity contribution in [3.05, 3.63) is 47.3 Å². The molecule has 1 fully saturated rings. The van der Waals surface area contributed by atoms with Crippen molar-refractivity contribution in [3.63, 3.8) is 0 Å². The molecule has 3 amide bonds. The molecular weight excluding hydrogens is 332 g/mol. The second-order valence-corrected chi connectivity index (χ2v) is 6.36. The largest absolute Gasteiger partial charge is 0.354 e. The van der Waals surface area contributed by atoms with E-state index in [1.54, 1.807) is 0 Å². The highest BCUT2D eigenvalue weighted by Crippen LogP contribution is 2.18. The maximum Gasteiger partial charge on any atom is 0.229 e. The highest BCUT2D eigenvalue weighted by Gasteiger charge is 2.28. The van der Waals surface area contributed by atoms with Gasteiger partial charge in [0.2, 0.25) is 17.7 Å². The zero-order valence-corrected chi connectivity index (χ0v) is 15.0. The number of likely N-dealkylation sites (tertiary alicyclic amines) is 1. The smallest absolute Gasteiger partial charge is 0.229 e. The Balaban J connectivity index is 1.60. The van der Waals surface area contributed by atoms with Gasteiger partial charge >= 0.3 is 0 Å². The monoisotopic (exact) mass is 354 g/mol. The minimum atomic E-state index is -0.167. The molecule has 1 aliphatic heterocycles. The van der Waals surface area contributed by atoms with Gasteiger partial charge < -0.3 is 5.32 Å². The number of imide groups is 1. The number of aromatic nitrogens is 2. The molecule has 0 bridgehead atoms. The van der Waals surface area contributed by atoms with Gasteiger partial charge in [-0.3, -0.25) is 19.3 Å². The molecule has 0 spiro atoms. The second-order valence-electron chi connectivity index (χ2n) is 6.36. The fourth-order valence-corrected chi connectivity index (χ4v) is 3.15. The number of carbonyl (C=O) groups excluding carboxylic acids is 3. The van der Waals surface area contributed by atoms with Crippen LogP contribution in [0.3, 0.4) is 0 Å². The summed E-state index contributed by atoms with van der Waals surface area (Å²) in [6.45, 7) is 4.32. The Hall–Kier alpha value is -2.96. The lowest BCUT2D eigenvalue weighted by molar-refractivity contribution is -0.138. The van der Waals surface area contributed by atoms with Gasteiger partial charge in [0.25, 0.3) is 0 Å². The summed E-state index contributed by atoms with van der Waals surface area (Å²) in [6.07, 6.45) is 0.750. The van der Waals surface area contributed by atoms with E-state index < -0.39 is 0 Å². The van der Waals surface area contributed by atoms with Gasteiger partial charge in [0.05, 0.1) is 17.8 Å². The SMILES string of the molecule is Cc1nn(-c2ccccc2)c(C)c1CC(=O)NCCN1C(=O)CCC1=O. The highest BCUT2D eigenvalue weighted by molar-refractivity contribution is 6.01. The standard InChI is InChI=1S/C19H22N4O3/c1-13-16(14(2)23(21-13)15-6-4-3-5-7-15)12-17(24)20-10-11-22-18(25)8-9-19(22)26/h3-7H,8-12H2,1-2H3,(H,20,24). The van der Waals surface area contributed by atoms with Crippen LogP contribution in [-0.4, -0.2) is 45.5 Å². The summed E-state index contributed by atoms with van der Waals surface area (Å²) in [5, 5.41) is 7.32. The zero-order valence-electron chi connectivity index (χ0n) is 15.0. The van der Waals surface area contributed by atoms with E-state index in [0.717, 1.165) is 22.6 Å². The fraction of sp³-hybridized carbons (Fsp3) is 0.368. The van der Waals surface area contributed by atoms with Gasteiger partial charge in [-0.1, -0.05) is 18.2 Å². The molecule has 26 heavy (non-hydrogen) atoms. The molecule has 136 valence electrons. The molecule has 1 N–H and O–H groups in total. The molecule has 0 radical (unpaired) electrons. The lowest BCUT2D eigenvalue weighted by atomic mass is 10.1. The van der Waals surface area contributed by atoms with Crippen LogP contribution in [0.25, 0.3) is 5.69 Å². The Morgan fingerprint density at radius 2 is 1.77 bits per heavy atom. The predicted octanol–water partition coefficient (Wildman–Crippen LogP) is 1.30. The Bertz CT molecular complexity index is 826. The normalized spacial score (nSPS) is 14.2. The number of aryl methyl sites for hydroxylation is 1. The van der Waals surface area contributed by atoms with E-state index in [1.165, 1.54) is 4.90 Å². The number of nitrogens with one attached hydrogen (secondary N) is 1. The molecule has 1 saturated heterocycles. The first kappa shape index (κ1) is 17.8. The molecule has 1 aromatic carbocycles. The first-order valence-corrected chi connectivity index (χ1v) is 8.68. The van der Waals surface area contributed by atoms with E-state index in [9.17, 15) is 14.4 Å². The Morgan fingerprint density at radius 1 is 1.12 bits per heavy atom. The third-order valence-corrected chi connectivity index (χ3v) is 4.59. The molecule has 7 nitrogen and oxygen atoms in total. The quantitative estimate of drug-likeness (QED) is 0.793. The van der Waals surface area contributed by atoms with Crippen molar-refractivity contribution < 1.29 is 14.4 Å². The van der Waals surface area contributed by atoms with Gasteiger partial charge in [0, 0.05) is 37.2 Å². The van der Waals surface area contributed by atoms with E-state index in [4.69, 9.17) is 0 Å². The molecule has 1 aliphatic rings. The van der Waals surface area contributed by atoms with E-state index in [-0.39, 0.29) is 50.1 Å². The molecule has 0 aliphatic carbocycles. The van der Waals surface area contributed by atoms with Gasteiger partial charge in [-0.05, 0) is 26.0 Å². The zero-order chi connectivity index (χ0) is 18.7. The summed E-state index contributed by atoms with van der Waals surface area (Å²) in [6, 6.07) is 9.76. The van der Waals surface area contributed by atoms with E-state index in [0.29, 0.717) is 0 Å². The lowest BCUT2D eigenvalue weighted by Gasteiger charge is -2.14. The van der Waals surface area contributed by atoms with E-state index in [2.05, 4.69) is 10.4 Å². The second kappa shape index (κ2) is 7.51. The topological polar surface area (TPSA) is 84.3 Å². The first-order valence-electron chi connectivity index (χ1n) is 8.68. The number of carbonyl (C=O) groups is 3.